The van der Waals surface area contributed by atoms with Crippen LogP contribution in [0.1, 0.15) is 11.3 Å². The molecule has 0 spiro atoms. The van der Waals surface area contributed by atoms with Gasteiger partial charge in [-0.1, -0.05) is 128 Å². The summed E-state index contributed by atoms with van der Waals surface area (Å²) in [4.78, 5) is 0. The minimum atomic E-state index is 1.06. The second-order valence-corrected chi connectivity index (χ2v) is 15.4. The van der Waals surface area contributed by atoms with Crippen molar-refractivity contribution in [2.75, 3.05) is 0 Å². The molecule has 0 unspecified atom stereocenters. The Morgan fingerprint density at radius 3 is 1.53 bits per heavy atom. The summed E-state index contributed by atoms with van der Waals surface area (Å²) in [5.74, 6) is 0. The Bertz CT molecular complexity index is 3630. The third kappa shape index (κ3) is 4.71. The van der Waals surface area contributed by atoms with E-state index in [1.54, 1.807) is 0 Å². The molecule has 0 N–H and O–H groups in total. The van der Waals surface area contributed by atoms with Crippen LogP contribution in [0.2, 0.25) is 0 Å². The molecule has 4 heterocycles. The van der Waals surface area contributed by atoms with E-state index in [0.29, 0.717) is 0 Å². The van der Waals surface area contributed by atoms with Gasteiger partial charge in [0.25, 0.3) is 0 Å². The third-order valence-corrected chi connectivity index (χ3v) is 12.3. The van der Waals surface area contributed by atoms with Gasteiger partial charge in [-0.05, 0) is 91.4 Å². The van der Waals surface area contributed by atoms with Gasteiger partial charge in [0.05, 0.1) is 44.5 Å². The highest BCUT2D eigenvalue weighted by Gasteiger charge is 2.26. The van der Waals surface area contributed by atoms with Crippen molar-refractivity contribution in [2.24, 2.45) is 0 Å². The van der Waals surface area contributed by atoms with Gasteiger partial charge in [-0.25, -0.2) is 0 Å². The van der Waals surface area contributed by atoms with Gasteiger partial charge in [-0.3, -0.25) is 0 Å². The molecule has 0 fully saturated rings. The summed E-state index contributed by atoms with van der Waals surface area (Å²) in [6.45, 7) is 6.74. The molecular formula is C55H38N4. The van der Waals surface area contributed by atoms with Crippen molar-refractivity contribution in [3.8, 4) is 34.0 Å². The van der Waals surface area contributed by atoms with Gasteiger partial charge in [0.2, 0.25) is 0 Å². The molecule has 0 bridgehead atoms. The number of hydrogen-bond acceptors (Lipinski definition) is 0. The van der Waals surface area contributed by atoms with Crippen molar-refractivity contribution in [3.05, 3.63) is 212 Å². The molecular weight excluding hydrogens is 717 g/mol. The van der Waals surface area contributed by atoms with Gasteiger partial charge in [0, 0.05) is 60.6 Å². The van der Waals surface area contributed by atoms with Crippen LogP contribution in [-0.4, -0.2) is 18.3 Å². The first-order chi connectivity index (χ1) is 29.2. The molecule has 4 aromatic heterocycles. The molecule has 0 aliphatic heterocycles. The molecule has 4 nitrogen and oxygen atoms in total. The van der Waals surface area contributed by atoms with Gasteiger partial charge in [0.15, 0.2) is 0 Å². The zero-order valence-corrected chi connectivity index (χ0v) is 32.5. The summed E-state index contributed by atoms with van der Waals surface area (Å²) in [5.41, 5.74) is 16.2. The van der Waals surface area contributed by atoms with Crippen molar-refractivity contribution in [2.45, 2.75) is 6.92 Å². The fraction of sp³-hybridized carbons (Fsp3) is 0.0182. The first-order valence-electron chi connectivity index (χ1n) is 20.2. The molecule has 278 valence electrons. The SMILES string of the molecule is C=Cc1c(-c2c(C)c3ccccc3n2-c2ccccc2)c2ccccc2n1-c1cccc(-n2c3ccccc3c3c2ccc2c4ccccc4n(-c4ccccc4)c23)c1. The monoisotopic (exact) mass is 754 g/mol. The molecule has 0 saturated carbocycles. The lowest BCUT2D eigenvalue weighted by atomic mass is 10.0. The van der Waals surface area contributed by atoms with E-state index in [1.807, 2.05) is 6.08 Å². The number of rotatable bonds is 6. The number of fused-ring (bicyclic) bond motifs is 9. The average molecular weight is 755 g/mol. The topological polar surface area (TPSA) is 19.7 Å². The largest absolute Gasteiger partial charge is 0.309 e. The molecule has 4 heteroatoms. The maximum Gasteiger partial charge on any atom is 0.0641 e. The van der Waals surface area contributed by atoms with Gasteiger partial charge in [-0.15, -0.1) is 0 Å². The van der Waals surface area contributed by atoms with Gasteiger partial charge < -0.3 is 18.3 Å². The van der Waals surface area contributed by atoms with Crippen LogP contribution in [-0.2, 0) is 0 Å². The molecule has 0 radical (unpaired) electrons. The number of aromatic nitrogens is 4. The second kappa shape index (κ2) is 12.9. The summed E-state index contributed by atoms with van der Waals surface area (Å²) >= 11 is 0. The Kier molecular flexibility index (Phi) is 7.26. The van der Waals surface area contributed by atoms with Crippen LogP contribution in [0.15, 0.2) is 201 Å². The molecule has 8 aromatic carbocycles. The molecule has 59 heavy (non-hydrogen) atoms. The van der Waals surface area contributed by atoms with Crippen molar-refractivity contribution in [3.63, 3.8) is 0 Å². The first-order valence-corrected chi connectivity index (χ1v) is 20.2. The molecule has 12 aromatic rings. The Morgan fingerprint density at radius 2 is 0.864 bits per heavy atom. The summed E-state index contributed by atoms with van der Waals surface area (Å²) < 4.78 is 9.71. The van der Waals surface area contributed by atoms with Crippen LogP contribution in [0.5, 0.6) is 0 Å². The Labute approximate surface area is 341 Å². The van der Waals surface area contributed by atoms with Crippen molar-refractivity contribution < 1.29 is 0 Å². The number of hydrogen-bond donors (Lipinski definition) is 0. The minimum Gasteiger partial charge on any atom is -0.309 e. The highest BCUT2D eigenvalue weighted by Crippen LogP contribution is 2.45. The van der Waals surface area contributed by atoms with E-state index in [1.165, 1.54) is 76.7 Å². The van der Waals surface area contributed by atoms with Crippen LogP contribution in [0.3, 0.4) is 0 Å². The average Bonchev–Trinajstić information content (AvgIpc) is 4.01. The van der Waals surface area contributed by atoms with E-state index in [-0.39, 0.29) is 0 Å². The summed E-state index contributed by atoms with van der Waals surface area (Å²) in [5, 5.41) is 7.40. The lowest BCUT2D eigenvalue weighted by Gasteiger charge is -2.15. The first kappa shape index (κ1) is 33.3. The van der Waals surface area contributed by atoms with Crippen LogP contribution in [0.25, 0.3) is 106 Å². The van der Waals surface area contributed by atoms with Crippen LogP contribution < -0.4 is 0 Å². The fourth-order valence-electron chi connectivity index (χ4n) is 9.93. The summed E-state index contributed by atoms with van der Waals surface area (Å²) in [7, 11) is 0. The van der Waals surface area contributed by atoms with Crippen LogP contribution in [0, 0.1) is 6.92 Å². The lowest BCUT2D eigenvalue weighted by molar-refractivity contribution is 1.08. The van der Waals surface area contributed by atoms with E-state index in [9.17, 15) is 0 Å². The Hall–Kier alpha value is -7.82. The summed E-state index contributed by atoms with van der Waals surface area (Å²) in [6.07, 6.45) is 2.04. The maximum atomic E-state index is 4.48. The molecule has 0 aliphatic rings. The van der Waals surface area contributed by atoms with E-state index < -0.39 is 0 Å². The van der Waals surface area contributed by atoms with E-state index in [2.05, 4.69) is 226 Å². The number of aryl methyl sites for hydroxylation is 1. The van der Waals surface area contributed by atoms with Gasteiger partial charge in [-0.2, -0.15) is 0 Å². The number of para-hydroxylation sites is 6. The molecule has 0 saturated heterocycles. The smallest absolute Gasteiger partial charge is 0.0641 e. The molecule has 0 atom stereocenters. The molecule has 0 amide bonds. The van der Waals surface area contributed by atoms with Crippen molar-refractivity contribution in [1.29, 1.82) is 0 Å². The fourth-order valence-corrected chi connectivity index (χ4v) is 9.93. The highest BCUT2D eigenvalue weighted by molar-refractivity contribution is 6.26. The second-order valence-electron chi connectivity index (χ2n) is 15.4. The molecule has 12 rings (SSSR count). The quantitative estimate of drug-likeness (QED) is 0.161. The lowest BCUT2D eigenvalue weighted by Crippen LogP contribution is -2.01. The van der Waals surface area contributed by atoms with Gasteiger partial charge in [0.1, 0.15) is 0 Å². The summed E-state index contributed by atoms with van der Waals surface area (Å²) in [6, 6.07) is 70.3. The van der Waals surface area contributed by atoms with Crippen molar-refractivity contribution >= 4 is 71.5 Å². The zero-order chi connectivity index (χ0) is 39.2. The zero-order valence-electron chi connectivity index (χ0n) is 32.5. The Morgan fingerprint density at radius 1 is 0.373 bits per heavy atom. The Balaban J connectivity index is 1.14. The van der Waals surface area contributed by atoms with Crippen LogP contribution in [0.4, 0.5) is 0 Å². The van der Waals surface area contributed by atoms with E-state index in [0.717, 1.165) is 34.0 Å². The predicted molar refractivity (Wildman–Crippen MR) is 249 cm³/mol. The highest BCUT2D eigenvalue weighted by atomic mass is 15.0. The van der Waals surface area contributed by atoms with Crippen molar-refractivity contribution in [1.82, 2.24) is 18.3 Å². The third-order valence-electron chi connectivity index (χ3n) is 12.3. The van der Waals surface area contributed by atoms with Gasteiger partial charge >= 0.3 is 0 Å². The maximum absolute atomic E-state index is 4.48. The predicted octanol–water partition coefficient (Wildman–Crippen LogP) is 14.4. The van der Waals surface area contributed by atoms with E-state index >= 15 is 0 Å². The number of benzene rings is 8. The molecule has 0 aliphatic carbocycles. The standard InChI is InChI=1S/C55H38N4/c1-3-46-52(54-36(2)41-25-10-14-29-47(41)58(54)37-19-6-4-7-20-37)44-27-12-16-31-49(44)56(46)39-23-18-24-40(35-39)57-50-32-17-13-28-45(50)53-51(57)34-33-43-42-26-11-15-30-48(42)59(55(43)53)38-21-8-5-9-22-38/h3-35H,1H2,2H3. The van der Waals surface area contributed by atoms with Crippen LogP contribution >= 0.6 is 0 Å². The minimum absolute atomic E-state index is 1.06. The number of nitrogens with zero attached hydrogens (tertiary/aromatic N) is 4. The van der Waals surface area contributed by atoms with E-state index in [4.69, 9.17) is 0 Å². The normalized spacial score (nSPS) is 11.9.